The van der Waals surface area contributed by atoms with Gasteiger partial charge < -0.3 is 14.7 Å². The first-order valence-corrected chi connectivity index (χ1v) is 7.99. The molecular weight excluding hydrogens is 329 g/mol. The van der Waals surface area contributed by atoms with Crippen LogP contribution in [-0.2, 0) is 4.74 Å². The molecule has 2 N–H and O–H groups in total. The number of aromatic hydroxyl groups is 1. The SMILES string of the molecule is CCOC(=O)c1cn[nH]c1C1CCN(C(=O)c2ccc(O)c(F)c2)C1. The fourth-order valence-electron chi connectivity index (χ4n) is 2.98. The normalized spacial score (nSPS) is 16.9. The molecule has 25 heavy (non-hydrogen) atoms. The number of nitrogens with one attached hydrogen (secondary N) is 1. The molecule has 0 aliphatic carbocycles. The molecule has 0 saturated carbocycles. The Hall–Kier alpha value is -2.90. The van der Waals surface area contributed by atoms with Crippen molar-refractivity contribution in [3.63, 3.8) is 0 Å². The van der Waals surface area contributed by atoms with Gasteiger partial charge in [0, 0.05) is 24.6 Å². The van der Waals surface area contributed by atoms with Gasteiger partial charge in [0.15, 0.2) is 11.6 Å². The van der Waals surface area contributed by atoms with Crippen molar-refractivity contribution in [1.82, 2.24) is 15.1 Å². The summed E-state index contributed by atoms with van der Waals surface area (Å²) in [4.78, 5) is 26.1. The van der Waals surface area contributed by atoms with Crippen molar-refractivity contribution in [2.75, 3.05) is 19.7 Å². The summed E-state index contributed by atoms with van der Waals surface area (Å²) in [7, 11) is 0. The van der Waals surface area contributed by atoms with E-state index in [-0.39, 0.29) is 24.0 Å². The summed E-state index contributed by atoms with van der Waals surface area (Å²) in [5.74, 6) is -2.17. The Balaban J connectivity index is 1.74. The monoisotopic (exact) mass is 347 g/mol. The minimum Gasteiger partial charge on any atom is -0.505 e. The fraction of sp³-hybridized carbons (Fsp3) is 0.353. The summed E-state index contributed by atoms with van der Waals surface area (Å²) in [5.41, 5.74) is 1.19. The zero-order valence-corrected chi connectivity index (χ0v) is 13.7. The highest BCUT2D eigenvalue weighted by molar-refractivity contribution is 5.95. The van der Waals surface area contributed by atoms with E-state index in [9.17, 15) is 19.1 Å². The Bertz CT molecular complexity index is 805. The highest BCUT2D eigenvalue weighted by atomic mass is 19.1. The molecule has 1 atom stereocenters. The van der Waals surface area contributed by atoms with Crippen LogP contribution in [0.2, 0.25) is 0 Å². The predicted octanol–water partition coefficient (Wildman–Crippen LogP) is 2.06. The van der Waals surface area contributed by atoms with Crippen LogP contribution in [0.4, 0.5) is 4.39 Å². The largest absolute Gasteiger partial charge is 0.505 e. The van der Waals surface area contributed by atoms with Gasteiger partial charge >= 0.3 is 5.97 Å². The van der Waals surface area contributed by atoms with Gasteiger partial charge in [-0.1, -0.05) is 0 Å². The average molecular weight is 347 g/mol. The molecule has 8 heteroatoms. The van der Waals surface area contributed by atoms with E-state index in [4.69, 9.17) is 4.74 Å². The highest BCUT2D eigenvalue weighted by Crippen LogP contribution is 2.29. The number of carbonyl (C=O) groups is 2. The Morgan fingerprint density at radius 2 is 2.28 bits per heavy atom. The van der Waals surface area contributed by atoms with Crippen LogP contribution >= 0.6 is 0 Å². The van der Waals surface area contributed by atoms with Crippen LogP contribution in [0.5, 0.6) is 5.75 Å². The zero-order chi connectivity index (χ0) is 18.0. The van der Waals surface area contributed by atoms with Crippen molar-refractivity contribution in [2.24, 2.45) is 0 Å². The maximum absolute atomic E-state index is 13.5. The molecule has 7 nitrogen and oxygen atoms in total. The Labute approximate surface area is 143 Å². The number of rotatable bonds is 4. The van der Waals surface area contributed by atoms with Crippen LogP contribution in [0.1, 0.15) is 45.7 Å². The lowest BCUT2D eigenvalue weighted by atomic mass is 10.0. The number of H-pyrrole nitrogens is 1. The quantitative estimate of drug-likeness (QED) is 0.826. The third-order valence-corrected chi connectivity index (χ3v) is 4.24. The first-order chi connectivity index (χ1) is 12.0. The molecule has 1 aliphatic heterocycles. The Morgan fingerprint density at radius 1 is 1.48 bits per heavy atom. The van der Waals surface area contributed by atoms with Gasteiger partial charge in [-0.15, -0.1) is 0 Å². The summed E-state index contributed by atoms with van der Waals surface area (Å²) in [6.45, 7) is 2.86. The molecule has 0 spiro atoms. The first kappa shape index (κ1) is 16.9. The molecule has 1 aromatic carbocycles. The van der Waals surface area contributed by atoms with Crippen LogP contribution in [0, 0.1) is 5.82 Å². The predicted molar refractivity (Wildman–Crippen MR) is 85.9 cm³/mol. The Morgan fingerprint density at radius 3 is 3.00 bits per heavy atom. The van der Waals surface area contributed by atoms with Crippen molar-refractivity contribution in [3.8, 4) is 5.75 Å². The van der Waals surface area contributed by atoms with Crippen LogP contribution in [-0.4, -0.2) is 51.8 Å². The minimum atomic E-state index is -0.834. The molecule has 1 aliphatic rings. The van der Waals surface area contributed by atoms with Crippen LogP contribution in [0.3, 0.4) is 0 Å². The summed E-state index contributed by atoms with van der Waals surface area (Å²) < 4.78 is 18.5. The van der Waals surface area contributed by atoms with Gasteiger partial charge in [0.2, 0.25) is 0 Å². The number of hydrogen-bond donors (Lipinski definition) is 2. The van der Waals surface area contributed by atoms with Crippen LogP contribution in [0.25, 0.3) is 0 Å². The number of hydrogen-bond acceptors (Lipinski definition) is 5. The number of carbonyl (C=O) groups excluding carboxylic acids is 2. The van der Waals surface area contributed by atoms with E-state index in [1.165, 1.54) is 12.3 Å². The van der Waals surface area contributed by atoms with Gasteiger partial charge in [-0.05, 0) is 31.5 Å². The third kappa shape index (κ3) is 3.33. The van der Waals surface area contributed by atoms with Crippen molar-refractivity contribution in [1.29, 1.82) is 0 Å². The number of esters is 1. The highest BCUT2D eigenvalue weighted by Gasteiger charge is 2.32. The van der Waals surface area contributed by atoms with Gasteiger partial charge in [0.1, 0.15) is 5.56 Å². The minimum absolute atomic E-state index is 0.0761. The molecule has 1 fully saturated rings. The maximum Gasteiger partial charge on any atom is 0.341 e. The van der Waals surface area contributed by atoms with Crippen molar-refractivity contribution in [2.45, 2.75) is 19.3 Å². The molecule has 1 amide bonds. The third-order valence-electron chi connectivity index (χ3n) is 4.24. The first-order valence-electron chi connectivity index (χ1n) is 7.99. The number of likely N-dealkylation sites (tertiary alicyclic amines) is 1. The number of aromatic nitrogens is 2. The topological polar surface area (TPSA) is 95.5 Å². The number of benzene rings is 1. The number of ether oxygens (including phenoxy) is 1. The van der Waals surface area contributed by atoms with Gasteiger partial charge in [0.05, 0.1) is 18.5 Å². The second-order valence-corrected chi connectivity index (χ2v) is 5.82. The van der Waals surface area contributed by atoms with Crippen molar-refractivity contribution in [3.05, 3.63) is 47.0 Å². The van der Waals surface area contributed by atoms with Crippen LogP contribution < -0.4 is 0 Å². The molecule has 2 aromatic rings. The molecule has 2 heterocycles. The molecule has 1 saturated heterocycles. The summed E-state index contributed by atoms with van der Waals surface area (Å²) in [5, 5.41) is 16.0. The smallest absolute Gasteiger partial charge is 0.341 e. The van der Waals surface area contributed by atoms with Gasteiger partial charge in [-0.2, -0.15) is 5.10 Å². The molecule has 1 unspecified atom stereocenters. The lowest BCUT2D eigenvalue weighted by Crippen LogP contribution is -2.28. The lowest BCUT2D eigenvalue weighted by Gasteiger charge is -2.17. The second-order valence-electron chi connectivity index (χ2n) is 5.82. The maximum atomic E-state index is 13.5. The number of aromatic amines is 1. The molecule has 132 valence electrons. The fourth-order valence-corrected chi connectivity index (χ4v) is 2.98. The lowest BCUT2D eigenvalue weighted by molar-refractivity contribution is 0.0524. The van der Waals surface area contributed by atoms with E-state index < -0.39 is 17.5 Å². The number of phenolic OH excluding ortho intramolecular Hbond substituents is 1. The van der Waals surface area contributed by atoms with E-state index in [0.29, 0.717) is 30.8 Å². The van der Waals surface area contributed by atoms with Gasteiger partial charge in [-0.3, -0.25) is 9.89 Å². The van der Waals surface area contributed by atoms with E-state index >= 15 is 0 Å². The number of phenols is 1. The van der Waals surface area contributed by atoms with E-state index in [1.54, 1.807) is 11.8 Å². The molecule has 0 radical (unpaired) electrons. The standard InChI is InChI=1S/C17H18FN3O4/c1-2-25-17(24)12-8-19-20-15(12)11-5-6-21(9-11)16(23)10-3-4-14(22)13(18)7-10/h3-4,7-8,11,22H,2,5-6,9H2,1H3,(H,19,20). The summed E-state index contributed by atoms with van der Waals surface area (Å²) >= 11 is 0. The zero-order valence-electron chi connectivity index (χ0n) is 13.7. The number of amides is 1. The summed E-state index contributed by atoms with van der Waals surface area (Å²) in [6, 6.07) is 3.56. The average Bonchev–Trinajstić information content (AvgIpc) is 3.25. The van der Waals surface area contributed by atoms with Gasteiger partial charge in [0.25, 0.3) is 5.91 Å². The second kappa shape index (κ2) is 6.92. The summed E-state index contributed by atoms with van der Waals surface area (Å²) in [6.07, 6.45) is 2.08. The number of halogens is 1. The molecule has 0 bridgehead atoms. The Kier molecular flexibility index (Phi) is 4.69. The van der Waals surface area contributed by atoms with Crippen LogP contribution in [0.15, 0.2) is 24.4 Å². The molecule has 3 rings (SSSR count). The van der Waals surface area contributed by atoms with E-state index in [2.05, 4.69) is 10.2 Å². The molecular formula is C17H18FN3O4. The van der Waals surface area contributed by atoms with E-state index in [0.717, 1.165) is 12.1 Å². The number of nitrogens with zero attached hydrogens (tertiary/aromatic N) is 2. The van der Waals surface area contributed by atoms with E-state index in [1.807, 2.05) is 0 Å². The van der Waals surface area contributed by atoms with Crippen molar-refractivity contribution < 1.29 is 23.8 Å². The van der Waals surface area contributed by atoms with Crippen molar-refractivity contribution >= 4 is 11.9 Å². The van der Waals surface area contributed by atoms with Gasteiger partial charge in [-0.25, -0.2) is 9.18 Å². The molecule has 1 aromatic heterocycles.